The average Bonchev–Trinajstić information content (AvgIpc) is 3.52. The van der Waals surface area contributed by atoms with Crippen LogP contribution in [0.25, 0.3) is 0 Å². The van der Waals surface area contributed by atoms with Crippen LogP contribution in [-0.2, 0) is 22.2 Å². The Morgan fingerprint density at radius 1 is 0.444 bits per heavy atom. The van der Waals surface area contributed by atoms with Crippen LogP contribution in [-0.4, -0.2) is 26.9 Å². The molecule has 0 amide bonds. The second kappa shape index (κ2) is 10.4. The van der Waals surface area contributed by atoms with Gasteiger partial charge in [0.05, 0.1) is 12.2 Å². The molecule has 2 atom stereocenters. The summed E-state index contributed by atoms with van der Waals surface area (Å²) in [4.78, 5) is 0. The Kier molecular flexibility index (Phi) is 6.52. The summed E-state index contributed by atoms with van der Waals surface area (Å²) in [6.07, 6.45) is 0.306. The van der Waals surface area contributed by atoms with Crippen LogP contribution in [0.1, 0.15) is 11.1 Å². The van der Waals surface area contributed by atoms with Gasteiger partial charge >= 0.3 is 14.6 Å². The molecule has 8 heteroatoms. The van der Waals surface area contributed by atoms with Gasteiger partial charge in [-0.15, -0.1) is 0 Å². The minimum absolute atomic E-state index is 0.428. The van der Waals surface area contributed by atoms with Crippen molar-refractivity contribution >= 4 is 14.6 Å². The van der Waals surface area contributed by atoms with E-state index in [1.54, 1.807) is 0 Å². The van der Waals surface area contributed by atoms with Crippen molar-refractivity contribution in [3.05, 3.63) is 120 Å². The van der Waals surface area contributed by atoms with Gasteiger partial charge in [-0.3, -0.25) is 0 Å². The van der Waals surface area contributed by atoms with Crippen LogP contribution in [0.15, 0.2) is 109 Å². The first-order valence-corrected chi connectivity index (χ1v) is 12.0. The van der Waals surface area contributed by atoms with E-state index in [1.165, 1.54) is 0 Å². The number of rotatable bonds is 9. The summed E-state index contributed by atoms with van der Waals surface area (Å²) in [7, 11) is -1.78. The number of benzene rings is 4. The SMILES string of the molecule is c1ccc(C[C@H](OB2Oc3ccccc3O2)[C@H](Cc2ccccc2)OB2Oc3ccccc3O2)cc1. The Hall–Kier alpha value is -3.87. The van der Waals surface area contributed by atoms with Gasteiger partial charge < -0.3 is 27.9 Å². The van der Waals surface area contributed by atoms with Gasteiger partial charge in [0.1, 0.15) is 23.0 Å². The number of para-hydroxylation sites is 4. The Bertz CT molecular complexity index is 1140. The first kappa shape index (κ1) is 22.6. The van der Waals surface area contributed by atoms with Crippen molar-refractivity contribution in [2.24, 2.45) is 0 Å². The normalized spacial score (nSPS) is 15.1. The van der Waals surface area contributed by atoms with E-state index in [-0.39, 0.29) is 0 Å². The van der Waals surface area contributed by atoms with Crippen LogP contribution in [0.2, 0.25) is 0 Å². The van der Waals surface area contributed by atoms with Crippen LogP contribution in [0.4, 0.5) is 0 Å². The molecule has 0 radical (unpaired) electrons. The molecule has 0 aliphatic carbocycles. The topological polar surface area (TPSA) is 55.4 Å². The molecule has 6 rings (SSSR count). The van der Waals surface area contributed by atoms with Crippen LogP contribution in [0, 0.1) is 0 Å². The van der Waals surface area contributed by atoms with E-state index < -0.39 is 26.9 Å². The van der Waals surface area contributed by atoms with Crippen molar-refractivity contribution in [2.45, 2.75) is 25.0 Å². The standard InChI is InChI=1S/C28H24B2O6/c1-3-11-21(12-4-1)19-27(35-29-31-23-15-7-8-16-24(23)32-29)28(20-22-13-5-2-6-14-22)36-30-33-25-17-9-10-18-26(25)34-30/h1-18,27-28H,19-20H2/t27-,28-/m0/s1. The van der Waals surface area contributed by atoms with E-state index in [1.807, 2.05) is 84.9 Å². The first-order chi connectivity index (χ1) is 17.8. The van der Waals surface area contributed by atoms with Crippen molar-refractivity contribution in [3.8, 4) is 23.0 Å². The zero-order valence-corrected chi connectivity index (χ0v) is 19.6. The van der Waals surface area contributed by atoms with Gasteiger partial charge in [0.25, 0.3) is 0 Å². The highest BCUT2D eigenvalue weighted by atomic mass is 16.8. The molecule has 0 fully saturated rings. The molecule has 178 valence electrons. The fraction of sp³-hybridized carbons (Fsp3) is 0.143. The molecule has 2 aliphatic heterocycles. The lowest BCUT2D eigenvalue weighted by Gasteiger charge is -2.29. The lowest BCUT2D eigenvalue weighted by molar-refractivity contribution is 0.0127. The second-order valence-corrected chi connectivity index (χ2v) is 8.67. The third-order valence-corrected chi connectivity index (χ3v) is 6.14. The number of hydrogen-bond donors (Lipinski definition) is 0. The molecular weight excluding hydrogens is 454 g/mol. The third kappa shape index (κ3) is 5.20. The molecule has 0 spiro atoms. The molecule has 4 aromatic rings. The quantitative estimate of drug-likeness (QED) is 0.310. The molecule has 36 heavy (non-hydrogen) atoms. The molecule has 2 heterocycles. The Morgan fingerprint density at radius 2 is 0.750 bits per heavy atom. The maximum absolute atomic E-state index is 6.44. The third-order valence-electron chi connectivity index (χ3n) is 6.14. The van der Waals surface area contributed by atoms with Gasteiger partial charge in [-0.05, 0) is 48.2 Å². The number of hydrogen-bond acceptors (Lipinski definition) is 6. The zero-order chi connectivity index (χ0) is 24.2. The minimum Gasteiger partial charge on any atom is -0.498 e. The maximum Gasteiger partial charge on any atom is 0.788 e. The minimum atomic E-state index is -0.888. The summed E-state index contributed by atoms with van der Waals surface area (Å²) in [5.74, 6) is 2.61. The summed E-state index contributed by atoms with van der Waals surface area (Å²) in [6.45, 7) is 0. The van der Waals surface area contributed by atoms with Crippen molar-refractivity contribution < 1.29 is 27.9 Å². The van der Waals surface area contributed by atoms with E-state index in [2.05, 4.69) is 24.3 Å². The Morgan fingerprint density at radius 3 is 1.08 bits per heavy atom. The second-order valence-electron chi connectivity index (χ2n) is 8.67. The molecule has 0 saturated heterocycles. The highest BCUT2D eigenvalue weighted by Crippen LogP contribution is 2.35. The van der Waals surface area contributed by atoms with Gasteiger partial charge in [0.2, 0.25) is 0 Å². The highest BCUT2D eigenvalue weighted by molar-refractivity contribution is 6.40. The van der Waals surface area contributed by atoms with Crippen LogP contribution in [0.3, 0.4) is 0 Å². The molecule has 6 nitrogen and oxygen atoms in total. The fourth-order valence-electron chi connectivity index (χ4n) is 4.38. The number of fused-ring (bicyclic) bond motifs is 2. The monoisotopic (exact) mass is 478 g/mol. The van der Waals surface area contributed by atoms with Crippen LogP contribution in [0.5, 0.6) is 23.0 Å². The summed E-state index contributed by atoms with van der Waals surface area (Å²) in [5, 5.41) is 0. The molecule has 0 N–H and O–H groups in total. The summed E-state index contributed by atoms with van der Waals surface area (Å²) in [5.41, 5.74) is 2.22. The van der Waals surface area contributed by atoms with Gasteiger partial charge in [-0.1, -0.05) is 84.9 Å². The van der Waals surface area contributed by atoms with E-state index >= 15 is 0 Å². The van der Waals surface area contributed by atoms with Gasteiger partial charge in [0.15, 0.2) is 0 Å². The van der Waals surface area contributed by atoms with Gasteiger partial charge in [-0.2, -0.15) is 0 Å². The predicted molar refractivity (Wildman–Crippen MR) is 137 cm³/mol. The molecule has 2 aliphatic rings. The summed E-state index contributed by atoms with van der Waals surface area (Å²) in [6, 6.07) is 35.4. The van der Waals surface area contributed by atoms with Crippen molar-refractivity contribution in [3.63, 3.8) is 0 Å². The highest BCUT2D eigenvalue weighted by Gasteiger charge is 2.44. The van der Waals surface area contributed by atoms with E-state index in [9.17, 15) is 0 Å². The molecular formula is C28H24B2O6. The summed E-state index contributed by atoms with van der Waals surface area (Å²) < 4.78 is 36.6. The lowest BCUT2D eigenvalue weighted by Crippen LogP contribution is -2.47. The molecule has 0 unspecified atom stereocenters. The van der Waals surface area contributed by atoms with Crippen molar-refractivity contribution in [1.29, 1.82) is 0 Å². The molecule has 0 aromatic heterocycles. The lowest BCUT2D eigenvalue weighted by atomic mass is 9.96. The van der Waals surface area contributed by atoms with Crippen molar-refractivity contribution in [2.75, 3.05) is 0 Å². The summed E-state index contributed by atoms with van der Waals surface area (Å²) >= 11 is 0. The Labute approximate surface area is 211 Å². The largest absolute Gasteiger partial charge is 0.788 e. The molecule has 0 bridgehead atoms. The van der Waals surface area contributed by atoms with E-state index in [0.717, 1.165) is 11.1 Å². The molecule has 4 aromatic carbocycles. The van der Waals surface area contributed by atoms with Gasteiger partial charge in [0, 0.05) is 0 Å². The first-order valence-electron chi connectivity index (χ1n) is 12.0. The van der Waals surface area contributed by atoms with Gasteiger partial charge in [-0.25, -0.2) is 0 Å². The molecule has 0 saturated carbocycles. The van der Waals surface area contributed by atoms with E-state index in [0.29, 0.717) is 35.8 Å². The van der Waals surface area contributed by atoms with Crippen LogP contribution >= 0.6 is 0 Å². The fourth-order valence-corrected chi connectivity index (χ4v) is 4.38. The maximum atomic E-state index is 6.44. The predicted octanol–water partition coefficient (Wildman–Crippen LogP) is 5.15. The average molecular weight is 478 g/mol. The van der Waals surface area contributed by atoms with Crippen molar-refractivity contribution in [1.82, 2.24) is 0 Å². The smallest absolute Gasteiger partial charge is 0.498 e. The van der Waals surface area contributed by atoms with E-state index in [4.69, 9.17) is 27.9 Å². The van der Waals surface area contributed by atoms with Crippen LogP contribution < -0.4 is 18.6 Å². The zero-order valence-electron chi connectivity index (χ0n) is 19.6. The Balaban J connectivity index is 1.26.